The van der Waals surface area contributed by atoms with Gasteiger partial charge in [0.2, 0.25) is 5.91 Å². The van der Waals surface area contributed by atoms with Crippen LogP contribution in [-0.2, 0) is 11.2 Å². The molecule has 0 fully saturated rings. The van der Waals surface area contributed by atoms with Crippen LogP contribution in [0.2, 0.25) is 0 Å². The molecular weight excluding hydrogens is 396 g/mol. The van der Waals surface area contributed by atoms with Crippen LogP contribution >= 0.6 is 11.3 Å². The molecule has 30 heavy (non-hydrogen) atoms. The van der Waals surface area contributed by atoms with E-state index >= 15 is 0 Å². The van der Waals surface area contributed by atoms with E-state index in [-0.39, 0.29) is 11.9 Å². The van der Waals surface area contributed by atoms with Gasteiger partial charge in [0.25, 0.3) is 0 Å². The van der Waals surface area contributed by atoms with Gasteiger partial charge in [-0.15, -0.1) is 11.3 Å². The zero-order valence-electron chi connectivity index (χ0n) is 17.5. The van der Waals surface area contributed by atoms with Crippen LogP contribution in [0.4, 0.5) is 5.69 Å². The Morgan fingerprint density at radius 2 is 1.93 bits per heavy atom. The Morgan fingerprint density at radius 3 is 2.63 bits per heavy atom. The number of nitrogens with zero attached hydrogens (tertiary/aromatic N) is 1. The molecule has 4 rings (SSSR count). The molecule has 0 unspecified atom stereocenters. The van der Waals surface area contributed by atoms with Crippen molar-refractivity contribution < 1.29 is 14.3 Å². The molecule has 2 aromatic carbocycles. The molecule has 1 atom stereocenters. The van der Waals surface area contributed by atoms with E-state index < -0.39 is 0 Å². The first-order chi connectivity index (χ1) is 14.6. The molecule has 6 heteroatoms. The molecule has 1 aliphatic heterocycles. The number of fused-ring (bicyclic) bond motifs is 1. The second kappa shape index (κ2) is 8.90. The van der Waals surface area contributed by atoms with Gasteiger partial charge in [-0.05, 0) is 65.7 Å². The van der Waals surface area contributed by atoms with Crippen molar-refractivity contribution in [2.75, 3.05) is 32.6 Å². The number of benzene rings is 2. The van der Waals surface area contributed by atoms with Crippen LogP contribution in [-0.4, -0.2) is 38.1 Å². The Bertz CT molecular complexity index is 1030. The molecule has 5 nitrogen and oxygen atoms in total. The molecule has 1 aromatic heterocycles. The molecule has 0 aliphatic carbocycles. The van der Waals surface area contributed by atoms with Crippen LogP contribution in [0.1, 0.15) is 27.6 Å². The maximum atomic E-state index is 12.8. The summed E-state index contributed by atoms with van der Waals surface area (Å²) in [6, 6.07) is 16.2. The van der Waals surface area contributed by atoms with Crippen molar-refractivity contribution >= 4 is 22.9 Å². The molecule has 1 amide bonds. The Balaban J connectivity index is 1.63. The third-order valence-corrected chi connectivity index (χ3v) is 6.36. The van der Waals surface area contributed by atoms with Gasteiger partial charge in [0.15, 0.2) is 11.5 Å². The minimum Gasteiger partial charge on any atom is -0.493 e. The maximum Gasteiger partial charge on any atom is 0.238 e. The first kappa shape index (κ1) is 20.4. The summed E-state index contributed by atoms with van der Waals surface area (Å²) in [5.74, 6) is 1.45. The van der Waals surface area contributed by atoms with E-state index in [0.29, 0.717) is 12.3 Å². The smallest absolute Gasteiger partial charge is 0.238 e. The van der Waals surface area contributed by atoms with Crippen molar-refractivity contribution in [3.63, 3.8) is 0 Å². The minimum absolute atomic E-state index is 0.00826. The third-order valence-electron chi connectivity index (χ3n) is 5.43. The van der Waals surface area contributed by atoms with E-state index in [1.807, 2.05) is 31.2 Å². The van der Waals surface area contributed by atoms with E-state index in [2.05, 4.69) is 39.9 Å². The maximum absolute atomic E-state index is 12.8. The highest BCUT2D eigenvalue weighted by Gasteiger charge is 2.32. The van der Waals surface area contributed by atoms with Crippen molar-refractivity contribution in [1.29, 1.82) is 0 Å². The Kier molecular flexibility index (Phi) is 6.06. The Morgan fingerprint density at radius 1 is 1.13 bits per heavy atom. The van der Waals surface area contributed by atoms with Gasteiger partial charge in [0.1, 0.15) is 0 Å². The molecule has 0 saturated heterocycles. The monoisotopic (exact) mass is 422 g/mol. The zero-order valence-corrected chi connectivity index (χ0v) is 18.3. The number of hydrogen-bond acceptors (Lipinski definition) is 5. The van der Waals surface area contributed by atoms with Crippen molar-refractivity contribution in [2.45, 2.75) is 19.4 Å². The number of thiophene rings is 1. The van der Waals surface area contributed by atoms with Gasteiger partial charge in [-0.25, -0.2) is 0 Å². The fourth-order valence-corrected chi connectivity index (χ4v) is 4.93. The number of carbonyl (C=O) groups is 1. The molecule has 0 saturated carbocycles. The Labute approximate surface area is 181 Å². The quantitative estimate of drug-likeness (QED) is 0.628. The fourth-order valence-electron chi connectivity index (χ4n) is 4.06. The summed E-state index contributed by atoms with van der Waals surface area (Å²) < 4.78 is 11.1. The number of rotatable bonds is 6. The number of methoxy groups -OCH3 is 2. The topological polar surface area (TPSA) is 50.8 Å². The summed E-state index contributed by atoms with van der Waals surface area (Å²) in [7, 11) is 3.31. The normalized spacial score (nSPS) is 16.0. The number of aryl methyl sites for hydroxylation is 1. The average Bonchev–Trinajstić information content (AvgIpc) is 3.26. The average molecular weight is 423 g/mol. The van der Waals surface area contributed by atoms with E-state index in [4.69, 9.17) is 9.47 Å². The predicted octanol–water partition coefficient (Wildman–Crippen LogP) is 4.66. The summed E-state index contributed by atoms with van der Waals surface area (Å²) in [6.07, 6.45) is 0.856. The molecular formula is C24H26N2O3S. The molecule has 2 heterocycles. The van der Waals surface area contributed by atoms with Crippen LogP contribution in [0, 0.1) is 6.92 Å². The number of nitrogens with one attached hydrogen (secondary N) is 1. The molecule has 1 aliphatic rings. The summed E-state index contributed by atoms with van der Waals surface area (Å²) in [6.45, 7) is 3.14. The summed E-state index contributed by atoms with van der Waals surface area (Å²) >= 11 is 1.71. The van der Waals surface area contributed by atoms with Crippen molar-refractivity contribution in [2.24, 2.45) is 0 Å². The number of carbonyl (C=O) groups excluding carboxylic acids is 1. The standard InChI is InChI=1S/C24H26N2O3S/c1-16-6-4-7-18(12-16)25-23(27)15-26-10-9-17-13-20(28-2)21(29-3)14-19(17)24(26)22-8-5-11-30-22/h4-8,11-14,24H,9-10,15H2,1-3H3,(H,25,27)/t24-/m0/s1. The van der Waals surface area contributed by atoms with Crippen LogP contribution in [0.25, 0.3) is 0 Å². The lowest BCUT2D eigenvalue weighted by atomic mass is 9.91. The van der Waals surface area contributed by atoms with Gasteiger partial charge in [-0.3, -0.25) is 9.69 Å². The van der Waals surface area contributed by atoms with Gasteiger partial charge in [0.05, 0.1) is 26.8 Å². The Hall–Kier alpha value is -2.83. The highest BCUT2D eigenvalue weighted by molar-refractivity contribution is 7.10. The molecule has 0 spiro atoms. The lowest BCUT2D eigenvalue weighted by Gasteiger charge is -2.37. The lowest BCUT2D eigenvalue weighted by molar-refractivity contribution is -0.117. The summed E-state index contributed by atoms with van der Waals surface area (Å²) in [5, 5.41) is 5.12. The number of anilines is 1. The van der Waals surface area contributed by atoms with E-state index in [1.165, 1.54) is 16.0 Å². The van der Waals surface area contributed by atoms with E-state index in [9.17, 15) is 4.79 Å². The number of ether oxygens (including phenoxy) is 2. The molecule has 1 N–H and O–H groups in total. The van der Waals surface area contributed by atoms with E-state index in [1.54, 1.807) is 25.6 Å². The van der Waals surface area contributed by atoms with Crippen LogP contribution in [0.5, 0.6) is 11.5 Å². The molecule has 156 valence electrons. The molecule has 0 bridgehead atoms. The largest absolute Gasteiger partial charge is 0.493 e. The fraction of sp³-hybridized carbons (Fsp3) is 0.292. The van der Waals surface area contributed by atoms with Gasteiger partial charge >= 0.3 is 0 Å². The molecule has 0 radical (unpaired) electrons. The summed E-state index contributed by atoms with van der Waals surface area (Å²) in [5.41, 5.74) is 4.36. The van der Waals surface area contributed by atoms with Gasteiger partial charge in [-0.2, -0.15) is 0 Å². The third kappa shape index (κ3) is 4.20. The van der Waals surface area contributed by atoms with Gasteiger partial charge < -0.3 is 14.8 Å². The van der Waals surface area contributed by atoms with Crippen LogP contribution in [0.3, 0.4) is 0 Å². The van der Waals surface area contributed by atoms with Crippen LogP contribution in [0.15, 0.2) is 53.9 Å². The molecule has 3 aromatic rings. The first-order valence-electron chi connectivity index (χ1n) is 9.98. The minimum atomic E-state index is -0.00826. The first-order valence-corrected chi connectivity index (χ1v) is 10.9. The highest BCUT2D eigenvalue weighted by Crippen LogP contribution is 2.42. The number of amides is 1. The second-order valence-electron chi connectivity index (χ2n) is 7.46. The van der Waals surface area contributed by atoms with Crippen LogP contribution < -0.4 is 14.8 Å². The SMILES string of the molecule is COc1cc2c(cc1OC)[C@@H](c1cccs1)N(CC(=O)Nc1cccc(C)c1)CC2. The predicted molar refractivity (Wildman–Crippen MR) is 121 cm³/mol. The van der Waals surface area contributed by atoms with Gasteiger partial charge in [0, 0.05) is 17.1 Å². The second-order valence-corrected chi connectivity index (χ2v) is 8.44. The van der Waals surface area contributed by atoms with Gasteiger partial charge in [-0.1, -0.05) is 18.2 Å². The highest BCUT2D eigenvalue weighted by atomic mass is 32.1. The lowest BCUT2D eigenvalue weighted by Crippen LogP contribution is -2.40. The van der Waals surface area contributed by atoms with Crippen molar-refractivity contribution in [3.05, 3.63) is 75.5 Å². The summed E-state index contributed by atoms with van der Waals surface area (Å²) in [4.78, 5) is 16.3. The van der Waals surface area contributed by atoms with E-state index in [0.717, 1.165) is 30.0 Å². The number of hydrogen-bond donors (Lipinski definition) is 1. The van der Waals surface area contributed by atoms with Crippen molar-refractivity contribution in [1.82, 2.24) is 4.90 Å². The zero-order chi connectivity index (χ0) is 21.1. The van der Waals surface area contributed by atoms with Crippen molar-refractivity contribution in [3.8, 4) is 11.5 Å².